The molecule has 0 atom stereocenters. The van der Waals surface area contributed by atoms with Gasteiger partial charge in [-0.3, -0.25) is 4.79 Å². The van der Waals surface area contributed by atoms with Crippen LogP contribution in [0.4, 0.5) is 0 Å². The molecule has 0 aromatic rings. The van der Waals surface area contributed by atoms with Gasteiger partial charge in [-0.25, -0.2) is 0 Å². The minimum atomic E-state index is -0.980. The molecule has 0 fully saturated rings. The average Bonchev–Trinajstić information content (AvgIpc) is 1.38. The third kappa shape index (κ3) is 8.87. The van der Waals surface area contributed by atoms with Gasteiger partial charge in [0.05, 0.1) is 0 Å². The van der Waals surface area contributed by atoms with Gasteiger partial charge in [-0.1, -0.05) is 0 Å². The third-order valence-electron chi connectivity index (χ3n) is 0.114. The first-order valence-electron chi connectivity index (χ1n) is 1.05. The Labute approximate surface area is 50.4 Å². The van der Waals surface area contributed by atoms with Gasteiger partial charge in [0.15, 0.2) is 0 Å². The van der Waals surface area contributed by atoms with Crippen molar-refractivity contribution in [3.8, 4) is 0 Å². The molecule has 0 saturated carbocycles. The van der Waals surface area contributed by atoms with E-state index in [1.54, 1.807) is 0 Å². The summed E-state index contributed by atoms with van der Waals surface area (Å²) in [6.07, 6.45) is 0. The van der Waals surface area contributed by atoms with E-state index in [9.17, 15) is 4.79 Å². The van der Waals surface area contributed by atoms with Crippen LogP contribution in [0.5, 0.6) is 0 Å². The Kier molecular flexibility index (Phi) is 8.35. The molecule has 0 bridgehead atoms. The second-order valence-corrected chi connectivity index (χ2v) is 0.795. The first-order chi connectivity index (χ1) is 2.27. The van der Waals surface area contributed by atoms with Crippen LogP contribution in [0.3, 0.4) is 0 Å². The average molecular weight is 153 g/mol. The Morgan fingerprint density at radius 3 is 2.00 bits per heavy atom. The number of aliphatic carboxylic acids is 1. The maximum absolute atomic E-state index is 9.24. The number of carbonyl (C=O) groups is 1. The predicted molar refractivity (Wildman–Crippen MR) is 18.4 cm³/mol. The molecule has 0 aliphatic carbocycles. The summed E-state index contributed by atoms with van der Waals surface area (Å²) >= 11 is 4.74. The molecule has 0 radical (unpaired) electrons. The van der Waals surface area contributed by atoms with Crippen LogP contribution in [0, 0.1) is 0 Å². The molecule has 4 heteroatoms. The van der Waals surface area contributed by atoms with Crippen molar-refractivity contribution in [1.82, 2.24) is 0 Å². The number of rotatable bonds is 1. The Hall–Kier alpha value is 0.254. The van der Waals surface area contributed by atoms with Crippen LogP contribution in [-0.4, -0.2) is 17.0 Å². The normalized spacial score (nSPS) is 6.17. The van der Waals surface area contributed by atoms with Crippen molar-refractivity contribution in [2.45, 2.75) is 0 Å². The minimum absolute atomic E-state index is 0. The van der Waals surface area contributed by atoms with Crippen molar-refractivity contribution < 1.29 is 26.4 Å². The molecule has 0 aromatic carbocycles. The zero-order valence-electron chi connectivity index (χ0n) is 2.76. The molecule has 1 N–H and O–H groups in total. The second kappa shape index (κ2) is 5.25. The van der Waals surface area contributed by atoms with Gasteiger partial charge < -0.3 is 5.11 Å². The number of halogens is 1. The van der Waals surface area contributed by atoms with Gasteiger partial charge >= 0.3 is 5.97 Å². The number of alkyl halides is 1. The topological polar surface area (TPSA) is 37.3 Å². The number of carboxylic acids is 1. The Bertz CT molecular complexity index is 46.8. The molecule has 0 aromatic heterocycles. The van der Waals surface area contributed by atoms with Gasteiger partial charge in [-0.15, -0.1) is 11.6 Å². The monoisotopic (exact) mass is 152 g/mol. The molecule has 0 saturated heterocycles. The SMILES string of the molecule is O=C(O)CCl.[Ni]. The van der Waals surface area contributed by atoms with Gasteiger partial charge in [0.2, 0.25) is 0 Å². The first kappa shape index (κ1) is 9.54. The molecular weight excluding hydrogens is 150 g/mol. The molecule has 0 aliphatic heterocycles. The van der Waals surface area contributed by atoms with E-state index in [2.05, 4.69) is 0 Å². The standard InChI is InChI=1S/C2H3ClO2.Ni/c3-1-2(4)5;/h1H2,(H,4,5);. The van der Waals surface area contributed by atoms with Crippen molar-refractivity contribution in [2.24, 2.45) is 0 Å². The first-order valence-corrected chi connectivity index (χ1v) is 1.58. The predicted octanol–water partition coefficient (Wildman–Crippen LogP) is 0.307. The van der Waals surface area contributed by atoms with E-state index in [1.165, 1.54) is 0 Å². The van der Waals surface area contributed by atoms with E-state index in [0.29, 0.717) is 0 Å². The summed E-state index contributed by atoms with van der Waals surface area (Å²) in [5.41, 5.74) is 0. The van der Waals surface area contributed by atoms with Gasteiger partial charge in [0.1, 0.15) is 5.88 Å². The Morgan fingerprint density at radius 2 is 2.00 bits per heavy atom. The van der Waals surface area contributed by atoms with Crippen LogP contribution in [0.2, 0.25) is 0 Å². The smallest absolute Gasteiger partial charge is 0.318 e. The molecule has 0 amide bonds. The molecule has 40 valence electrons. The number of carboxylic acid groups (broad SMARTS) is 1. The van der Waals surface area contributed by atoms with Gasteiger partial charge in [0, 0.05) is 16.5 Å². The number of hydrogen-bond donors (Lipinski definition) is 1. The quantitative estimate of drug-likeness (QED) is 0.435. The maximum atomic E-state index is 9.24. The summed E-state index contributed by atoms with van der Waals surface area (Å²) in [6.45, 7) is 0. The zero-order valence-corrected chi connectivity index (χ0v) is 4.50. The molecule has 0 rings (SSSR count). The zero-order chi connectivity index (χ0) is 4.28. The minimum Gasteiger partial charge on any atom is -0.480 e. The molecule has 2 nitrogen and oxygen atoms in total. The summed E-state index contributed by atoms with van der Waals surface area (Å²) in [6, 6.07) is 0. The van der Waals surface area contributed by atoms with Crippen LogP contribution < -0.4 is 0 Å². The molecule has 6 heavy (non-hydrogen) atoms. The van der Waals surface area contributed by atoms with E-state index in [1.807, 2.05) is 0 Å². The van der Waals surface area contributed by atoms with Crippen molar-refractivity contribution in [1.29, 1.82) is 0 Å². The van der Waals surface area contributed by atoms with E-state index in [4.69, 9.17) is 16.7 Å². The van der Waals surface area contributed by atoms with Crippen molar-refractivity contribution in [3.05, 3.63) is 0 Å². The molecule has 0 unspecified atom stereocenters. The third-order valence-corrected chi connectivity index (χ3v) is 0.343. The molecule has 0 spiro atoms. The molecule has 0 heterocycles. The van der Waals surface area contributed by atoms with E-state index in [0.717, 1.165) is 0 Å². The van der Waals surface area contributed by atoms with E-state index >= 15 is 0 Å². The van der Waals surface area contributed by atoms with Gasteiger partial charge in [-0.2, -0.15) is 0 Å². The largest absolute Gasteiger partial charge is 0.480 e. The molecule has 0 aliphatic rings. The summed E-state index contributed by atoms with van der Waals surface area (Å²) in [4.78, 5) is 9.24. The van der Waals surface area contributed by atoms with Gasteiger partial charge in [-0.05, 0) is 0 Å². The summed E-state index contributed by atoms with van der Waals surface area (Å²) in [7, 11) is 0. The Balaban J connectivity index is 0. The fourth-order valence-corrected chi connectivity index (χ4v) is 0. The summed E-state index contributed by atoms with van der Waals surface area (Å²) < 4.78 is 0. The van der Waals surface area contributed by atoms with Crippen molar-refractivity contribution in [2.75, 3.05) is 5.88 Å². The Morgan fingerprint density at radius 1 is 1.83 bits per heavy atom. The fraction of sp³-hybridized carbons (Fsp3) is 0.500. The van der Waals surface area contributed by atoms with Crippen LogP contribution in [0.15, 0.2) is 0 Å². The van der Waals surface area contributed by atoms with Crippen LogP contribution in [0.1, 0.15) is 0 Å². The van der Waals surface area contributed by atoms with Crippen LogP contribution >= 0.6 is 11.6 Å². The fourth-order valence-electron chi connectivity index (χ4n) is 0. The molecular formula is C2H3ClNiO2. The second-order valence-electron chi connectivity index (χ2n) is 0.527. The van der Waals surface area contributed by atoms with Crippen LogP contribution in [0.25, 0.3) is 0 Å². The summed E-state index contributed by atoms with van der Waals surface area (Å²) in [5.74, 6) is -1.29. The van der Waals surface area contributed by atoms with Crippen molar-refractivity contribution >= 4 is 17.6 Å². The van der Waals surface area contributed by atoms with E-state index < -0.39 is 5.97 Å². The van der Waals surface area contributed by atoms with Crippen LogP contribution in [-0.2, 0) is 21.3 Å². The van der Waals surface area contributed by atoms with E-state index in [-0.39, 0.29) is 22.4 Å². The van der Waals surface area contributed by atoms with Crippen molar-refractivity contribution in [3.63, 3.8) is 0 Å². The van der Waals surface area contributed by atoms with Gasteiger partial charge in [0.25, 0.3) is 0 Å². The summed E-state index contributed by atoms with van der Waals surface area (Å²) in [5, 5.41) is 7.59. The maximum Gasteiger partial charge on any atom is 0.318 e. The number of hydrogen-bond acceptors (Lipinski definition) is 1.